The van der Waals surface area contributed by atoms with Crippen LogP contribution in [0, 0.1) is 32.4 Å². The Labute approximate surface area is 117 Å². The summed E-state index contributed by atoms with van der Waals surface area (Å²) in [7, 11) is 0. The van der Waals surface area contributed by atoms with Gasteiger partial charge in [-0.3, -0.25) is 5.84 Å². The molecule has 2 aromatic carbocycles. The number of benzene rings is 2. The maximum Gasteiger partial charge on any atom is 0.164 e. The molecule has 1 atom stereocenters. The predicted octanol–water partition coefficient (Wildman–Crippen LogP) is 3.44. The summed E-state index contributed by atoms with van der Waals surface area (Å²) in [4.78, 5) is 0. The van der Waals surface area contributed by atoms with Crippen molar-refractivity contribution in [2.75, 3.05) is 0 Å². The van der Waals surface area contributed by atoms with E-state index in [9.17, 15) is 8.78 Å². The van der Waals surface area contributed by atoms with Crippen molar-refractivity contribution in [2.45, 2.75) is 26.8 Å². The molecule has 20 heavy (non-hydrogen) atoms. The highest BCUT2D eigenvalue weighted by Gasteiger charge is 2.20. The molecule has 0 amide bonds. The Morgan fingerprint density at radius 2 is 1.55 bits per heavy atom. The highest BCUT2D eigenvalue weighted by molar-refractivity contribution is 5.38. The summed E-state index contributed by atoms with van der Waals surface area (Å²) < 4.78 is 27.8. The normalized spacial score (nSPS) is 12.5. The molecule has 0 bridgehead atoms. The van der Waals surface area contributed by atoms with Crippen molar-refractivity contribution >= 4 is 0 Å². The van der Waals surface area contributed by atoms with Gasteiger partial charge < -0.3 is 0 Å². The van der Waals surface area contributed by atoms with E-state index in [2.05, 4.69) is 5.43 Å². The van der Waals surface area contributed by atoms with Gasteiger partial charge in [0.25, 0.3) is 0 Å². The van der Waals surface area contributed by atoms with E-state index < -0.39 is 17.7 Å². The molecular weight excluding hydrogens is 258 g/mol. The minimum Gasteiger partial charge on any atom is -0.271 e. The standard InChI is InChI=1S/C16H18F2N2/c1-9-6-10(2)8-12(7-9)16(20-19)13-5-4-11(3)14(17)15(13)18/h4-8,16,20H,19H2,1-3H3. The Hall–Kier alpha value is -1.78. The van der Waals surface area contributed by atoms with Gasteiger partial charge in [0, 0.05) is 5.56 Å². The summed E-state index contributed by atoms with van der Waals surface area (Å²) in [5.41, 5.74) is 5.97. The van der Waals surface area contributed by atoms with Crippen molar-refractivity contribution < 1.29 is 8.78 Å². The van der Waals surface area contributed by atoms with Crippen LogP contribution in [0.4, 0.5) is 8.78 Å². The van der Waals surface area contributed by atoms with E-state index in [1.165, 1.54) is 6.92 Å². The van der Waals surface area contributed by atoms with Crippen molar-refractivity contribution in [2.24, 2.45) is 5.84 Å². The van der Waals surface area contributed by atoms with Crippen molar-refractivity contribution in [3.63, 3.8) is 0 Å². The second-order valence-electron chi connectivity index (χ2n) is 5.12. The Morgan fingerprint density at radius 3 is 2.10 bits per heavy atom. The smallest absolute Gasteiger partial charge is 0.164 e. The molecule has 0 aliphatic carbocycles. The van der Waals surface area contributed by atoms with Gasteiger partial charge in [0.1, 0.15) is 0 Å². The van der Waals surface area contributed by atoms with Gasteiger partial charge in [-0.25, -0.2) is 14.2 Å². The fourth-order valence-corrected chi connectivity index (χ4v) is 2.43. The molecule has 2 nitrogen and oxygen atoms in total. The van der Waals surface area contributed by atoms with Crippen LogP contribution in [-0.2, 0) is 0 Å². The van der Waals surface area contributed by atoms with E-state index >= 15 is 0 Å². The molecule has 2 aromatic rings. The van der Waals surface area contributed by atoms with Crippen LogP contribution in [0.2, 0.25) is 0 Å². The Bertz CT molecular complexity index is 618. The number of aryl methyl sites for hydroxylation is 3. The van der Waals surface area contributed by atoms with Gasteiger partial charge in [-0.1, -0.05) is 41.5 Å². The monoisotopic (exact) mass is 276 g/mol. The Balaban J connectivity index is 2.55. The van der Waals surface area contributed by atoms with Crippen LogP contribution in [0.25, 0.3) is 0 Å². The first kappa shape index (κ1) is 14.6. The third-order valence-corrected chi connectivity index (χ3v) is 3.36. The molecule has 106 valence electrons. The second kappa shape index (κ2) is 5.69. The molecule has 0 heterocycles. The summed E-state index contributed by atoms with van der Waals surface area (Å²) in [6, 6.07) is 8.38. The molecule has 0 aliphatic rings. The SMILES string of the molecule is Cc1cc(C)cc(C(NN)c2ccc(C)c(F)c2F)c1. The average molecular weight is 276 g/mol. The zero-order valence-electron chi connectivity index (χ0n) is 11.8. The molecule has 1 unspecified atom stereocenters. The first-order valence-electron chi connectivity index (χ1n) is 6.43. The molecule has 3 N–H and O–H groups in total. The molecule has 2 rings (SSSR count). The Kier molecular flexibility index (Phi) is 4.16. The largest absolute Gasteiger partial charge is 0.271 e. The lowest BCUT2D eigenvalue weighted by Crippen LogP contribution is -2.30. The van der Waals surface area contributed by atoms with Crippen LogP contribution in [0.1, 0.15) is 33.9 Å². The van der Waals surface area contributed by atoms with Gasteiger partial charge in [-0.2, -0.15) is 0 Å². The maximum atomic E-state index is 14.1. The topological polar surface area (TPSA) is 38.0 Å². The zero-order valence-corrected chi connectivity index (χ0v) is 11.8. The Morgan fingerprint density at radius 1 is 0.950 bits per heavy atom. The molecular formula is C16H18F2N2. The molecule has 0 spiro atoms. The minimum atomic E-state index is -0.855. The summed E-state index contributed by atoms with van der Waals surface area (Å²) in [5, 5.41) is 0. The maximum absolute atomic E-state index is 14.1. The number of halogens is 2. The molecule has 0 aliphatic heterocycles. The number of rotatable bonds is 3. The van der Waals surface area contributed by atoms with E-state index in [1.54, 1.807) is 12.1 Å². The van der Waals surface area contributed by atoms with Crippen molar-refractivity contribution in [3.8, 4) is 0 Å². The van der Waals surface area contributed by atoms with Crippen LogP contribution < -0.4 is 11.3 Å². The second-order valence-corrected chi connectivity index (χ2v) is 5.12. The summed E-state index contributed by atoms with van der Waals surface area (Å²) in [5.74, 6) is 3.87. The third kappa shape index (κ3) is 2.71. The summed E-state index contributed by atoms with van der Waals surface area (Å²) in [6.07, 6.45) is 0. The number of hydrazine groups is 1. The lowest BCUT2D eigenvalue weighted by molar-refractivity contribution is 0.478. The van der Waals surface area contributed by atoms with Crippen LogP contribution >= 0.6 is 0 Å². The first-order valence-corrected chi connectivity index (χ1v) is 6.43. The van der Waals surface area contributed by atoms with Crippen molar-refractivity contribution in [3.05, 3.63) is 69.8 Å². The van der Waals surface area contributed by atoms with Crippen LogP contribution in [0.5, 0.6) is 0 Å². The quantitative estimate of drug-likeness (QED) is 0.665. The first-order chi connectivity index (χ1) is 9.43. The van der Waals surface area contributed by atoms with E-state index in [0.717, 1.165) is 16.7 Å². The summed E-state index contributed by atoms with van der Waals surface area (Å²) in [6.45, 7) is 5.44. The third-order valence-electron chi connectivity index (χ3n) is 3.36. The lowest BCUT2D eigenvalue weighted by Gasteiger charge is -2.19. The highest BCUT2D eigenvalue weighted by atomic mass is 19.2. The van der Waals surface area contributed by atoms with E-state index in [-0.39, 0.29) is 11.1 Å². The van der Waals surface area contributed by atoms with Gasteiger partial charge >= 0.3 is 0 Å². The minimum absolute atomic E-state index is 0.209. The average Bonchev–Trinajstić information content (AvgIpc) is 2.38. The molecule has 0 aromatic heterocycles. The fraction of sp³-hybridized carbons (Fsp3) is 0.250. The van der Waals surface area contributed by atoms with Crippen LogP contribution in [-0.4, -0.2) is 0 Å². The molecule has 0 radical (unpaired) electrons. The van der Waals surface area contributed by atoms with Gasteiger partial charge in [0.05, 0.1) is 6.04 Å². The van der Waals surface area contributed by atoms with Gasteiger partial charge in [-0.05, 0) is 31.9 Å². The summed E-state index contributed by atoms with van der Waals surface area (Å²) >= 11 is 0. The fourth-order valence-electron chi connectivity index (χ4n) is 2.43. The van der Waals surface area contributed by atoms with Crippen LogP contribution in [0.3, 0.4) is 0 Å². The van der Waals surface area contributed by atoms with Crippen molar-refractivity contribution in [1.82, 2.24) is 5.43 Å². The molecule has 4 heteroatoms. The number of nitrogens with one attached hydrogen (secondary N) is 1. The van der Waals surface area contributed by atoms with Gasteiger partial charge in [-0.15, -0.1) is 0 Å². The van der Waals surface area contributed by atoms with Crippen molar-refractivity contribution in [1.29, 1.82) is 0 Å². The van der Waals surface area contributed by atoms with Gasteiger partial charge in [0.15, 0.2) is 11.6 Å². The molecule has 0 fully saturated rings. The van der Waals surface area contributed by atoms with Crippen LogP contribution in [0.15, 0.2) is 30.3 Å². The highest BCUT2D eigenvalue weighted by Crippen LogP contribution is 2.27. The lowest BCUT2D eigenvalue weighted by atomic mass is 9.95. The van der Waals surface area contributed by atoms with E-state index in [1.807, 2.05) is 32.0 Å². The molecule has 0 saturated heterocycles. The number of hydrogen-bond donors (Lipinski definition) is 2. The number of nitrogens with two attached hydrogens (primary N) is 1. The van der Waals surface area contributed by atoms with E-state index in [0.29, 0.717) is 0 Å². The zero-order chi connectivity index (χ0) is 14.9. The molecule has 0 saturated carbocycles. The van der Waals surface area contributed by atoms with E-state index in [4.69, 9.17) is 5.84 Å². The van der Waals surface area contributed by atoms with Gasteiger partial charge in [0.2, 0.25) is 0 Å². The number of hydrogen-bond acceptors (Lipinski definition) is 2. The predicted molar refractivity (Wildman–Crippen MR) is 76.2 cm³/mol.